The molecule has 0 saturated heterocycles. The van der Waals surface area contributed by atoms with Gasteiger partial charge in [0.05, 0.1) is 17.0 Å². The fourth-order valence-electron chi connectivity index (χ4n) is 4.26. The Balaban J connectivity index is 1.76. The van der Waals surface area contributed by atoms with E-state index < -0.39 is 6.04 Å². The Morgan fingerprint density at radius 1 is 0.935 bits per heavy atom. The third kappa shape index (κ3) is 3.10. The molecule has 1 aliphatic heterocycles. The molecule has 3 aromatic carbocycles. The first-order valence-corrected chi connectivity index (χ1v) is 10.2. The van der Waals surface area contributed by atoms with Crippen molar-refractivity contribution in [3.05, 3.63) is 111 Å². The van der Waals surface area contributed by atoms with Gasteiger partial charge in [-0.05, 0) is 60.4 Å². The van der Waals surface area contributed by atoms with Crippen LogP contribution in [0.25, 0.3) is 11.0 Å². The van der Waals surface area contributed by atoms with Gasteiger partial charge in [-0.25, -0.2) is 0 Å². The second-order valence-corrected chi connectivity index (χ2v) is 8.02. The normalized spacial score (nSPS) is 15.5. The lowest BCUT2D eigenvalue weighted by molar-refractivity contribution is 0.0714. The predicted octanol–water partition coefficient (Wildman–Crippen LogP) is 4.86. The molecule has 4 aromatic rings. The van der Waals surface area contributed by atoms with Crippen LogP contribution in [-0.2, 0) is 6.54 Å². The van der Waals surface area contributed by atoms with Gasteiger partial charge in [-0.2, -0.15) is 0 Å². The summed E-state index contributed by atoms with van der Waals surface area (Å²) in [6, 6.07) is 19.3. The summed E-state index contributed by atoms with van der Waals surface area (Å²) in [6.45, 7) is 4.21. The summed E-state index contributed by atoms with van der Waals surface area (Å²) in [6.07, 6.45) is 0. The van der Waals surface area contributed by atoms with Crippen molar-refractivity contribution in [1.82, 2.24) is 4.90 Å². The molecule has 5 heteroatoms. The van der Waals surface area contributed by atoms with Gasteiger partial charge < -0.3 is 14.4 Å². The van der Waals surface area contributed by atoms with Crippen LogP contribution in [0.2, 0.25) is 0 Å². The maximum atomic E-state index is 13.6. The molecule has 0 fully saturated rings. The lowest BCUT2D eigenvalue weighted by Crippen LogP contribution is -2.29. The smallest absolute Gasteiger partial charge is 0.291 e. The highest BCUT2D eigenvalue weighted by atomic mass is 16.3. The zero-order valence-electron chi connectivity index (χ0n) is 17.3. The maximum Gasteiger partial charge on any atom is 0.291 e. The summed E-state index contributed by atoms with van der Waals surface area (Å²) in [5.74, 6) is -0.177. The molecule has 31 heavy (non-hydrogen) atoms. The quantitative estimate of drug-likeness (QED) is 0.523. The first-order chi connectivity index (χ1) is 14.9. The monoisotopic (exact) mass is 411 g/mol. The topological polar surface area (TPSA) is 70.8 Å². The average Bonchev–Trinajstić information content (AvgIpc) is 3.03. The van der Waals surface area contributed by atoms with Crippen molar-refractivity contribution in [1.29, 1.82) is 0 Å². The van der Waals surface area contributed by atoms with E-state index in [1.54, 1.807) is 23.1 Å². The molecule has 2 heterocycles. The number of amides is 1. The van der Waals surface area contributed by atoms with Gasteiger partial charge in [0.2, 0.25) is 5.76 Å². The number of hydrogen-bond donors (Lipinski definition) is 1. The molecule has 5 nitrogen and oxygen atoms in total. The van der Waals surface area contributed by atoms with E-state index in [1.165, 1.54) is 0 Å². The third-order valence-corrected chi connectivity index (χ3v) is 5.96. The van der Waals surface area contributed by atoms with Crippen molar-refractivity contribution >= 4 is 16.9 Å². The van der Waals surface area contributed by atoms with Crippen LogP contribution in [0.4, 0.5) is 0 Å². The molecule has 0 aliphatic carbocycles. The Morgan fingerprint density at radius 3 is 2.42 bits per heavy atom. The second-order valence-electron chi connectivity index (χ2n) is 8.02. The first-order valence-electron chi connectivity index (χ1n) is 10.2. The maximum absolute atomic E-state index is 13.6. The molecule has 0 saturated carbocycles. The molecule has 5 rings (SSSR count). The van der Waals surface area contributed by atoms with Crippen LogP contribution in [0.5, 0.6) is 5.75 Å². The molecule has 1 unspecified atom stereocenters. The molecule has 1 aromatic heterocycles. The molecule has 1 N–H and O–H groups in total. The number of carbonyl (C=O) groups is 1. The Hall–Kier alpha value is -3.86. The standard InChI is InChI=1S/C26H21NO4/c1-15-11-20-21(12-16(15)2)31-25-22(24(20)29)23(18-9-6-10-19(28)13-18)27(26(25)30)14-17-7-4-3-5-8-17/h3-13,23,28H,14H2,1-2H3. The Kier molecular flexibility index (Phi) is 4.40. The highest BCUT2D eigenvalue weighted by molar-refractivity contribution is 5.99. The molecule has 1 atom stereocenters. The number of aromatic hydroxyl groups is 1. The minimum Gasteiger partial charge on any atom is -0.508 e. The van der Waals surface area contributed by atoms with Crippen molar-refractivity contribution in [2.45, 2.75) is 26.4 Å². The highest BCUT2D eigenvalue weighted by Crippen LogP contribution is 2.40. The number of carbonyl (C=O) groups excluding carboxylic acids is 1. The molecule has 0 radical (unpaired) electrons. The van der Waals surface area contributed by atoms with Crippen molar-refractivity contribution in [2.24, 2.45) is 0 Å². The lowest BCUT2D eigenvalue weighted by Gasteiger charge is -2.25. The van der Waals surface area contributed by atoms with Crippen molar-refractivity contribution < 1.29 is 14.3 Å². The van der Waals surface area contributed by atoms with Crippen LogP contribution in [0.3, 0.4) is 0 Å². The Bertz CT molecular complexity index is 1390. The van der Waals surface area contributed by atoms with Crippen LogP contribution in [0.15, 0.2) is 75.9 Å². The van der Waals surface area contributed by atoms with Crippen LogP contribution in [-0.4, -0.2) is 15.9 Å². The van der Waals surface area contributed by atoms with Gasteiger partial charge in [0.1, 0.15) is 11.3 Å². The third-order valence-electron chi connectivity index (χ3n) is 5.96. The van der Waals surface area contributed by atoms with Gasteiger partial charge in [0.25, 0.3) is 5.91 Å². The number of rotatable bonds is 3. The van der Waals surface area contributed by atoms with Crippen LogP contribution < -0.4 is 5.43 Å². The number of aryl methyl sites for hydroxylation is 2. The number of nitrogens with zero attached hydrogens (tertiary/aromatic N) is 1. The zero-order chi connectivity index (χ0) is 21.7. The van der Waals surface area contributed by atoms with Gasteiger partial charge >= 0.3 is 0 Å². The largest absolute Gasteiger partial charge is 0.508 e. The number of hydrogen-bond acceptors (Lipinski definition) is 4. The van der Waals surface area contributed by atoms with Crippen LogP contribution in [0, 0.1) is 13.8 Å². The van der Waals surface area contributed by atoms with E-state index in [0.29, 0.717) is 28.6 Å². The number of benzene rings is 3. The number of phenols is 1. The van der Waals surface area contributed by atoms with Crippen molar-refractivity contribution in [3.63, 3.8) is 0 Å². The van der Waals surface area contributed by atoms with E-state index in [0.717, 1.165) is 16.7 Å². The number of fused-ring (bicyclic) bond motifs is 2. The fourth-order valence-corrected chi connectivity index (χ4v) is 4.26. The zero-order valence-corrected chi connectivity index (χ0v) is 17.3. The van der Waals surface area contributed by atoms with E-state index in [9.17, 15) is 14.7 Å². The molecule has 0 bridgehead atoms. The van der Waals surface area contributed by atoms with Crippen LogP contribution >= 0.6 is 0 Å². The summed E-state index contributed by atoms with van der Waals surface area (Å²) in [4.78, 5) is 28.7. The number of phenolic OH excluding ortho intramolecular Hbond substituents is 1. The lowest BCUT2D eigenvalue weighted by atomic mass is 9.97. The summed E-state index contributed by atoms with van der Waals surface area (Å²) in [7, 11) is 0. The second kappa shape index (κ2) is 7.13. The van der Waals surface area contributed by atoms with E-state index in [-0.39, 0.29) is 22.8 Å². The molecule has 154 valence electrons. The Morgan fingerprint density at radius 2 is 1.68 bits per heavy atom. The Labute approximate surface area is 179 Å². The van der Waals surface area contributed by atoms with E-state index in [2.05, 4.69) is 0 Å². The summed E-state index contributed by atoms with van der Waals surface area (Å²) in [5.41, 5.74) is 4.11. The first kappa shape index (κ1) is 19.1. The van der Waals surface area contributed by atoms with E-state index in [1.807, 2.05) is 62.4 Å². The van der Waals surface area contributed by atoms with Crippen LogP contribution in [0.1, 0.15) is 44.4 Å². The fraction of sp³-hybridized carbons (Fsp3) is 0.154. The van der Waals surface area contributed by atoms with E-state index in [4.69, 9.17) is 4.42 Å². The van der Waals surface area contributed by atoms with Gasteiger partial charge in [-0.3, -0.25) is 9.59 Å². The van der Waals surface area contributed by atoms with Gasteiger partial charge in [0.15, 0.2) is 5.43 Å². The molecular formula is C26H21NO4. The molecule has 1 amide bonds. The van der Waals surface area contributed by atoms with Gasteiger partial charge in [0, 0.05) is 6.54 Å². The van der Waals surface area contributed by atoms with Crippen molar-refractivity contribution in [2.75, 3.05) is 0 Å². The summed E-state index contributed by atoms with van der Waals surface area (Å²) in [5, 5.41) is 10.5. The SMILES string of the molecule is Cc1cc2oc3c(c(=O)c2cc1C)C(c1cccc(O)c1)N(Cc1ccccc1)C3=O. The highest BCUT2D eigenvalue weighted by Gasteiger charge is 2.42. The minimum atomic E-state index is -0.642. The van der Waals surface area contributed by atoms with E-state index >= 15 is 0 Å². The molecule has 0 spiro atoms. The van der Waals surface area contributed by atoms with Gasteiger partial charge in [-0.1, -0.05) is 42.5 Å². The predicted molar refractivity (Wildman–Crippen MR) is 118 cm³/mol. The summed E-state index contributed by atoms with van der Waals surface area (Å²) >= 11 is 0. The van der Waals surface area contributed by atoms with Crippen molar-refractivity contribution in [3.8, 4) is 5.75 Å². The minimum absolute atomic E-state index is 0.0741. The molecular weight excluding hydrogens is 390 g/mol. The summed E-state index contributed by atoms with van der Waals surface area (Å²) < 4.78 is 6.03. The molecule has 1 aliphatic rings. The van der Waals surface area contributed by atoms with Gasteiger partial charge in [-0.15, -0.1) is 0 Å². The average molecular weight is 411 g/mol.